The summed E-state index contributed by atoms with van der Waals surface area (Å²) < 4.78 is 42.4. The molecule has 1 aromatic carbocycles. The Morgan fingerprint density at radius 3 is 2.25 bits per heavy atom. The minimum atomic E-state index is -4.87. The highest BCUT2D eigenvalue weighted by Crippen LogP contribution is 2.22. The van der Waals surface area contributed by atoms with Crippen LogP contribution in [0.25, 0.3) is 0 Å². The Kier molecular flexibility index (Phi) is 5.35. The van der Waals surface area contributed by atoms with Crippen LogP contribution in [0.3, 0.4) is 0 Å². The van der Waals surface area contributed by atoms with Gasteiger partial charge in [-0.2, -0.15) is 13.2 Å². The maximum atomic E-state index is 12.2. The highest BCUT2D eigenvalue weighted by atomic mass is 28.4. The second kappa shape index (κ2) is 6.40. The van der Waals surface area contributed by atoms with Gasteiger partial charge in [0.2, 0.25) is 0 Å². The lowest BCUT2D eigenvalue weighted by atomic mass is 10.1. The summed E-state index contributed by atoms with van der Waals surface area (Å²) in [6, 6.07) is 8.90. The van der Waals surface area contributed by atoms with Crippen LogP contribution in [0.1, 0.15) is 11.7 Å². The molecule has 1 aromatic rings. The molecule has 1 N–H and O–H groups in total. The zero-order chi connectivity index (χ0) is 15.4. The third-order valence-corrected chi connectivity index (χ3v) is 3.36. The topological polar surface area (TPSA) is 38.3 Å². The zero-order valence-corrected chi connectivity index (χ0v) is 12.6. The van der Waals surface area contributed by atoms with Gasteiger partial charge in [0.25, 0.3) is 0 Å². The zero-order valence-electron chi connectivity index (χ0n) is 11.6. The molecule has 0 aliphatic rings. The molecule has 0 fully saturated rings. The quantitative estimate of drug-likeness (QED) is 0.848. The van der Waals surface area contributed by atoms with Gasteiger partial charge in [0.15, 0.2) is 8.32 Å². The van der Waals surface area contributed by atoms with Gasteiger partial charge in [0.05, 0.1) is 6.10 Å². The van der Waals surface area contributed by atoms with Gasteiger partial charge in [0.1, 0.15) is 0 Å². The van der Waals surface area contributed by atoms with E-state index in [1.165, 1.54) is 0 Å². The van der Waals surface area contributed by atoms with Crippen molar-refractivity contribution >= 4 is 14.2 Å². The summed E-state index contributed by atoms with van der Waals surface area (Å²) in [6.45, 7) is 5.62. The molecule has 0 aliphatic heterocycles. The highest BCUT2D eigenvalue weighted by molar-refractivity contribution is 6.69. The predicted octanol–water partition coefficient (Wildman–Crippen LogP) is 3.26. The average Bonchev–Trinajstić information content (AvgIpc) is 2.32. The van der Waals surface area contributed by atoms with Crippen LogP contribution in [0.15, 0.2) is 30.3 Å². The first kappa shape index (κ1) is 16.7. The van der Waals surface area contributed by atoms with E-state index in [1.807, 2.05) is 31.0 Å². The lowest BCUT2D eigenvalue weighted by Crippen LogP contribution is -2.41. The van der Waals surface area contributed by atoms with Crippen molar-refractivity contribution < 1.29 is 22.4 Å². The third kappa shape index (κ3) is 5.75. The van der Waals surface area contributed by atoms with Crippen LogP contribution < -0.4 is 5.32 Å². The van der Waals surface area contributed by atoms with Crippen LogP contribution in [0.2, 0.25) is 19.6 Å². The molecular formula is C13H18F3NO2Si. The Hall–Kier alpha value is -1.34. The molecule has 1 amide bonds. The Morgan fingerprint density at radius 2 is 1.80 bits per heavy atom. The summed E-state index contributed by atoms with van der Waals surface area (Å²) in [5.41, 5.74) is 0.748. The number of rotatable bonds is 5. The number of halogens is 3. The number of carbonyl (C=O) groups excluding carboxylic acids is 1. The van der Waals surface area contributed by atoms with Gasteiger partial charge in [-0.05, 0) is 25.2 Å². The average molecular weight is 305 g/mol. The largest absolute Gasteiger partial charge is 0.471 e. The molecule has 0 radical (unpaired) electrons. The Morgan fingerprint density at radius 1 is 1.25 bits per heavy atom. The standard InChI is InChI=1S/C13H18F3NO2Si/c1-20(2,3)19-11(10-7-5-4-6-8-10)9-17-12(18)13(14,15)16/h4-8,11H,9H2,1-3H3,(H,17,18). The van der Waals surface area contributed by atoms with E-state index in [-0.39, 0.29) is 6.54 Å². The molecule has 0 saturated carbocycles. The van der Waals surface area contributed by atoms with E-state index in [2.05, 4.69) is 0 Å². The molecule has 0 saturated heterocycles. The molecule has 0 bridgehead atoms. The molecule has 1 atom stereocenters. The highest BCUT2D eigenvalue weighted by Gasteiger charge is 2.39. The van der Waals surface area contributed by atoms with Crippen LogP contribution >= 0.6 is 0 Å². The summed E-state index contributed by atoms with van der Waals surface area (Å²) in [6.07, 6.45) is -5.45. The van der Waals surface area contributed by atoms with Gasteiger partial charge in [-0.25, -0.2) is 0 Å². The summed E-state index contributed by atoms with van der Waals surface area (Å²) in [7, 11) is -1.95. The molecule has 0 spiro atoms. The van der Waals surface area contributed by atoms with Crippen LogP contribution in [-0.2, 0) is 9.22 Å². The van der Waals surface area contributed by atoms with Crippen LogP contribution in [-0.4, -0.2) is 26.9 Å². The first-order valence-electron chi connectivity index (χ1n) is 6.17. The van der Waals surface area contributed by atoms with Crippen molar-refractivity contribution in [3.8, 4) is 0 Å². The van der Waals surface area contributed by atoms with Gasteiger partial charge < -0.3 is 9.74 Å². The van der Waals surface area contributed by atoms with E-state index in [4.69, 9.17) is 4.43 Å². The van der Waals surface area contributed by atoms with E-state index >= 15 is 0 Å². The molecule has 0 heterocycles. The molecule has 0 aliphatic carbocycles. The summed E-state index contributed by atoms with van der Waals surface area (Å²) in [4.78, 5) is 10.9. The van der Waals surface area contributed by atoms with Crippen molar-refractivity contribution in [2.45, 2.75) is 31.9 Å². The maximum Gasteiger partial charge on any atom is 0.471 e. The van der Waals surface area contributed by atoms with Gasteiger partial charge in [-0.15, -0.1) is 0 Å². The molecule has 20 heavy (non-hydrogen) atoms. The second-order valence-corrected chi connectivity index (χ2v) is 9.80. The minimum Gasteiger partial charge on any atom is -0.409 e. The summed E-state index contributed by atoms with van der Waals surface area (Å²) in [5.74, 6) is -1.95. The second-order valence-electron chi connectivity index (χ2n) is 5.34. The minimum absolute atomic E-state index is 0.202. The smallest absolute Gasteiger partial charge is 0.409 e. The fourth-order valence-electron chi connectivity index (χ4n) is 1.61. The van der Waals surface area contributed by atoms with Crippen molar-refractivity contribution in [1.29, 1.82) is 0 Å². The van der Waals surface area contributed by atoms with E-state index in [1.54, 1.807) is 24.3 Å². The number of benzene rings is 1. The normalized spacial score (nSPS) is 13.9. The Labute approximate surface area is 117 Å². The number of alkyl halides is 3. The van der Waals surface area contributed by atoms with Crippen molar-refractivity contribution in [3.63, 3.8) is 0 Å². The molecule has 7 heteroatoms. The van der Waals surface area contributed by atoms with Gasteiger partial charge in [-0.3, -0.25) is 4.79 Å². The van der Waals surface area contributed by atoms with Crippen molar-refractivity contribution in [3.05, 3.63) is 35.9 Å². The van der Waals surface area contributed by atoms with Crippen LogP contribution in [0.5, 0.6) is 0 Å². The molecule has 3 nitrogen and oxygen atoms in total. The predicted molar refractivity (Wildman–Crippen MR) is 72.7 cm³/mol. The lowest BCUT2D eigenvalue weighted by Gasteiger charge is -2.27. The molecule has 112 valence electrons. The van der Waals surface area contributed by atoms with Gasteiger partial charge in [-0.1, -0.05) is 30.3 Å². The summed E-state index contributed by atoms with van der Waals surface area (Å²) in [5, 5.41) is 1.88. The number of hydrogen-bond acceptors (Lipinski definition) is 2. The van der Waals surface area contributed by atoms with E-state index in [0.717, 1.165) is 5.56 Å². The molecule has 1 unspecified atom stereocenters. The monoisotopic (exact) mass is 305 g/mol. The van der Waals surface area contributed by atoms with Crippen LogP contribution in [0.4, 0.5) is 13.2 Å². The fourth-order valence-corrected chi connectivity index (χ4v) is 2.68. The summed E-state index contributed by atoms with van der Waals surface area (Å²) >= 11 is 0. The van der Waals surface area contributed by atoms with Crippen LogP contribution in [0, 0.1) is 0 Å². The third-order valence-electron chi connectivity index (χ3n) is 2.37. The first-order valence-corrected chi connectivity index (χ1v) is 9.58. The number of hydrogen-bond donors (Lipinski definition) is 1. The molecule has 0 aromatic heterocycles. The SMILES string of the molecule is C[Si](C)(C)OC(CNC(=O)C(F)(F)F)c1ccccc1. The van der Waals surface area contributed by atoms with Crippen molar-refractivity contribution in [2.24, 2.45) is 0 Å². The molecule has 1 rings (SSSR count). The number of nitrogens with one attached hydrogen (secondary N) is 1. The first-order chi connectivity index (χ1) is 9.09. The lowest BCUT2D eigenvalue weighted by molar-refractivity contribution is -0.173. The van der Waals surface area contributed by atoms with E-state index in [9.17, 15) is 18.0 Å². The van der Waals surface area contributed by atoms with Gasteiger partial charge in [0, 0.05) is 6.54 Å². The maximum absolute atomic E-state index is 12.2. The van der Waals surface area contributed by atoms with Crippen molar-refractivity contribution in [2.75, 3.05) is 6.54 Å². The van der Waals surface area contributed by atoms with E-state index in [0.29, 0.717) is 0 Å². The van der Waals surface area contributed by atoms with Crippen molar-refractivity contribution in [1.82, 2.24) is 5.32 Å². The van der Waals surface area contributed by atoms with E-state index < -0.39 is 26.5 Å². The Bertz CT molecular complexity index is 443. The Balaban J connectivity index is 2.77. The molecular weight excluding hydrogens is 287 g/mol. The fraction of sp³-hybridized carbons (Fsp3) is 0.462. The number of carbonyl (C=O) groups is 1. The number of amides is 1. The van der Waals surface area contributed by atoms with Gasteiger partial charge >= 0.3 is 12.1 Å².